The van der Waals surface area contributed by atoms with E-state index in [2.05, 4.69) is 5.32 Å². The second-order valence-corrected chi connectivity index (χ2v) is 9.28. The Kier molecular flexibility index (Phi) is 6.06. The number of hydrogen-bond acceptors (Lipinski definition) is 4. The van der Waals surface area contributed by atoms with Crippen LogP contribution in [0.5, 0.6) is 5.75 Å². The molecule has 1 fully saturated rings. The van der Waals surface area contributed by atoms with Crippen LogP contribution in [0.1, 0.15) is 23.2 Å². The quantitative estimate of drug-likeness (QED) is 0.621. The Morgan fingerprint density at radius 2 is 1.55 bits per heavy atom. The third kappa shape index (κ3) is 4.47. The Balaban J connectivity index is 1.56. The van der Waals surface area contributed by atoms with Crippen molar-refractivity contribution in [2.75, 3.05) is 25.5 Å². The normalized spacial score (nSPS) is 14.4. The molecule has 1 amide bonds. The summed E-state index contributed by atoms with van der Waals surface area (Å²) < 4.78 is 32.8. The first kappa shape index (κ1) is 21.1. The Hall–Kier alpha value is -3.16. The molecule has 1 aliphatic heterocycles. The van der Waals surface area contributed by atoms with Crippen LogP contribution in [-0.2, 0) is 10.0 Å². The summed E-state index contributed by atoms with van der Waals surface area (Å²) in [5.74, 6) is -0.149. The Morgan fingerprint density at radius 1 is 0.903 bits per heavy atom. The van der Waals surface area contributed by atoms with Gasteiger partial charge in [0.25, 0.3) is 5.91 Å². The van der Waals surface area contributed by atoms with E-state index < -0.39 is 10.0 Å². The summed E-state index contributed by atoms with van der Waals surface area (Å²) in [6.45, 7) is 0.964. The lowest BCUT2D eigenvalue weighted by atomic mass is 10.1. The molecule has 0 saturated carbocycles. The molecular weight excluding hydrogens is 412 g/mol. The number of carbonyl (C=O) groups excluding carboxylic acids is 1. The maximum absolute atomic E-state index is 13.0. The monoisotopic (exact) mass is 436 g/mol. The number of rotatable bonds is 6. The number of carbonyl (C=O) groups is 1. The lowest BCUT2D eigenvalue weighted by molar-refractivity contribution is 0.102. The van der Waals surface area contributed by atoms with E-state index in [9.17, 15) is 13.2 Å². The molecular formula is C24H24N2O4S. The summed E-state index contributed by atoms with van der Waals surface area (Å²) in [7, 11) is -2.30. The summed E-state index contributed by atoms with van der Waals surface area (Å²) in [6, 6.07) is 21.9. The fourth-order valence-corrected chi connectivity index (χ4v) is 5.37. The van der Waals surface area contributed by atoms with Gasteiger partial charge in [0.2, 0.25) is 10.0 Å². The lowest BCUT2D eigenvalue weighted by Crippen LogP contribution is -2.28. The molecule has 6 nitrogen and oxygen atoms in total. The number of sulfonamides is 1. The maximum atomic E-state index is 13.0. The van der Waals surface area contributed by atoms with E-state index in [1.807, 2.05) is 54.6 Å². The molecule has 0 aliphatic carbocycles. The number of hydrogen-bond donors (Lipinski definition) is 1. The average Bonchev–Trinajstić information content (AvgIpc) is 3.36. The van der Waals surface area contributed by atoms with Gasteiger partial charge >= 0.3 is 0 Å². The van der Waals surface area contributed by atoms with Gasteiger partial charge in [-0.2, -0.15) is 4.31 Å². The number of benzene rings is 3. The molecule has 0 unspecified atom stereocenters. The van der Waals surface area contributed by atoms with Crippen LogP contribution in [-0.4, -0.2) is 38.8 Å². The second kappa shape index (κ2) is 8.91. The summed E-state index contributed by atoms with van der Waals surface area (Å²) in [5.41, 5.74) is 3.02. The third-order valence-electron chi connectivity index (χ3n) is 5.36. The minimum Gasteiger partial charge on any atom is -0.495 e. The van der Waals surface area contributed by atoms with Gasteiger partial charge in [-0.25, -0.2) is 8.42 Å². The molecule has 0 spiro atoms. The van der Waals surface area contributed by atoms with Crippen molar-refractivity contribution in [2.45, 2.75) is 17.7 Å². The molecule has 3 aromatic rings. The fourth-order valence-electron chi connectivity index (χ4n) is 3.67. The predicted molar refractivity (Wildman–Crippen MR) is 121 cm³/mol. The van der Waals surface area contributed by atoms with Gasteiger partial charge in [0, 0.05) is 24.3 Å². The smallest absolute Gasteiger partial charge is 0.255 e. The van der Waals surface area contributed by atoms with E-state index in [0.717, 1.165) is 24.0 Å². The van der Waals surface area contributed by atoms with Crippen molar-refractivity contribution in [3.8, 4) is 16.9 Å². The molecule has 1 aliphatic rings. The van der Waals surface area contributed by atoms with Crippen molar-refractivity contribution in [3.63, 3.8) is 0 Å². The first-order valence-electron chi connectivity index (χ1n) is 10.1. The van der Waals surface area contributed by atoms with Crippen molar-refractivity contribution >= 4 is 21.6 Å². The second-order valence-electron chi connectivity index (χ2n) is 7.37. The number of ether oxygens (including phenoxy) is 1. The van der Waals surface area contributed by atoms with Crippen molar-refractivity contribution in [3.05, 3.63) is 78.4 Å². The summed E-state index contributed by atoms with van der Waals surface area (Å²) in [4.78, 5) is 12.8. The SMILES string of the molecule is COc1ccc(C(=O)Nc2ccc(-c3ccccc3)cc2)cc1S(=O)(=O)N1CCCC1. The average molecular weight is 437 g/mol. The highest BCUT2D eigenvalue weighted by atomic mass is 32.2. The third-order valence-corrected chi connectivity index (χ3v) is 7.28. The first-order chi connectivity index (χ1) is 15.0. The molecule has 0 bridgehead atoms. The van der Waals surface area contributed by atoms with Gasteiger partial charge in [-0.3, -0.25) is 4.79 Å². The molecule has 1 heterocycles. The van der Waals surface area contributed by atoms with Crippen LogP contribution >= 0.6 is 0 Å². The van der Waals surface area contributed by atoms with Gasteiger partial charge in [0.05, 0.1) is 7.11 Å². The highest BCUT2D eigenvalue weighted by Gasteiger charge is 2.30. The fraction of sp³-hybridized carbons (Fsp3) is 0.208. The minimum atomic E-state index is -3.72. The molecule has 160 valence electrons. The Morgan fingerprint density at radius 3 is 2.19 bits per heavy atom. The number of amides is 1. The number of nitrogens with zero attached hydrogens (tertiary/aromatic N) is 1. The van der Waals surface area contributed by atoms with Gasteiger partial charge in [0.1, 0.15) is 10.6 Å². The molecule has 4 rings (SSSR count). The first-order valence-corrected chi connectivity index (χ1v) is 11.6. The van der Waals surface area contributed by atoms with E-state index in [1.54, 1.807) is 6.07 Å². The van der Waals surface area contributed by atoms with E-state index in [-0.39, 0.29) is 22.1 Å². The standard InChI is InChI=1S/C24H24N2O4S/c1-30-22-14-11-20(17-23(22)31(28,29)26-15-5-6-16-26)24(27)25-21-12-9-19(10-13-21)18-7-3-2-4-8-18/h2-4,7-14,17H,5-6,15-16H2,1H3,(H,25,27). The zero-order valence-electron chi connectivity index (χ0n) is 17.2. The maximum Gasteiger partial charge on any atom is 0.255 e. The van der Waals surface area contributed by atoms with E-state index >= 15 is 0 Å². The predicted octanol–water partition coefficient (Wildman–Crippen LogP) is 4.40. The number of anilines is 1. The van der Waals surface area contributed by atoms with Crippen LogP contribution in [0.15, 0.2) is 77.7 Å². The molecule has 1 saturated heterocycles. The molecule has 31 heavy (non-hydrogen) atoms. The van der Waals surface area contributed by atoms with Crippen LogP contribution in [0.4, 0.5) is 5.69 Å². The Labute approximate surface area is 182 Å². The zero-order chi connectivity index (χ0) is 21.8. The number of methoxy groups -OCH3 is 1. The summed E-state index contributed by atoms with van der Waals surface area (Å²) in [6.07, 6.45) is 1.67. The highest BCUT2D eigenvalue weighted by Crippen LogP contribution is 2.30. The molecule has 7 heteroatoms. The molecule has 0 atom stereocenters. The van der Waals surface area contributed by atoms with E-state index in [4.69, 9.17) is 4.74 Å². The summed E-state index contributed by atoms with van der Waals surface area (Å²) in [5, 5.41) is 2.83. The lowest BCUT2D eigenvalue weighted by Gasteiger charge is -2.18. The summed E-state index contributed by atoms with van der Waals surface area (Å²) >= 11 is 0. The molecule has 0 radical (unpaired) electrons. The van der Waals surface area contributed by atoms with Gasteiger partial charge in [-0.15, -0.1) is 0 Å². The van der Waals surface area contributed by atoms with Crippen molar-refractivity contribution < 1.29 is 17.9 Å². The van der Waals surface area contributed by atoms with Crippen molar-refractivity contribution in [1.29, 1.82) is 0 Å². The topological polar surface area (TPSA) is 75.7 Å². The zero-order valence-corrected chi connectivity index (χ0v) is 18.1. The number of nitrogens with one attached hydrogen (secondary N) is 1. The van der Waals surface area contributed by atoms with E-state index in [0.29, 0.717) is 18.8 Å². The molecule has 1 N–H and O–H groups in total. The van der Waals surface area contributed by atoms with Crippen LogP contribution in [0.3, 0.4) is 0 Å². The van der Waals surface area contributed by atoms with Gasteiger partial charge in [-0.1, -0.05) is 42.5 Å². The molecule has 0 aromatic heterocycles. The highest BCUT2D eigenvalue weighted by molar-refractivity contribution is 7.89. The van der Waals surface area contributed by atoms with Crippen LogP contribution in [0.2, 0.25) is 0 Å². The van der Waals surface area contributed by atoms with Crippen LogP contribution in [0, 0.1) is 0 Å². The van der Waals surface area contributed by atoms with Crippen molar-refractivity contribution in [1.82, 2.24) is 4.31 Å². The minimum absolute atomic E-state index is 0.0176. The van der Waals surface area contributed by atoms with Crippen LogP contribution < -0.4 is 10.1 Å². The molecule has 3 aromatic carbocycles. The Bertz CT molecular complexity index is 1170. The van der Waals surface area contributed by atoms with Gasteiger partial charge < -0.3 is 10.1 Å². The van der Waals surface area contributed by atoms with Gasteiger partial charge in [-0.05, 0) is 54.3 Å². The van der Waals surface area contributed by atoms with E-state index in [1.165, 1.54) is 23.5 Å². The van der Waals surface area contributed by atoms with Crippen molar-refractivity contribution in [2.24, 2.45) is 0 Å². The van der Waals surface area contributed by atoms with Gasteiger partial charge in [0.15, 0.2) is 0 Å². The largest absolute Gasteiger partial charge is 0.495 e. The van der Waals surface area contributed by atoms with Crippen LogP contribution in [0.25, 0.3) is 11.1 Å².